The van der Waals surface area contributed by atoms with E-state index in [2.05, 4.69) is 25.8 Å². The van der Waals surface area contributed by atoms with Crippen molar-refractivity contribution >= 4 is 39.1 Å². The largest absolute Gasteiger partial charge is 0.458 e. The van der Waals surface area contributed by atoms with Gasteiger partial charge in [0, 0.05) is 5.02 Å². The summed E-state index contributed by atoms with van der Waals surface area (Å²) in [5, 5.41) is 1.08. The Morgan fingerprint density at radius 3 is 2.78 bits per heavy atom. The van der Waals surface area contributed by atoms with Crippen LogP contribution in [0.1, 0.15) is 60.8 Å². The fourth-order valence-corrected chi connectivity index (χ4v) is 5.94. The summed E-state index contributed by atoms with van der Waals surface area (Å²) in [7, 11) is 0. The minimum Gasteiger partial charge on any atom is -0.458 e. The van der Waals surface area contributed by atoms with Gasteiger partial charge in [0.05, 0.1) is 18.3 Å². The number of ether oxygens (including phenoxy) is 1. The van der Waals surface area contributed by atoms with Crippen molar-refractivity contribution in [2.75, 3.05) is 0 Å². The van der Waals surface area contributed by atoms with E-state index in [4.69, 9.17) is 16.3 Å². The van der Waals surface area contributed by atoms with Crippen LogP contribution in [0, 0.1) is 24.7 Å². The lowest BCUT2D eigenvalue weighted by atomic mass is 9.75. The van der Waals surface area contributed by atoms with Crippen LogP contribution in [0.25, 0.3) is 10.2 Å². The SMILES string of the molecule is Cc1c(C(=O)OC2CC(C)CCC2C(C)C)sc2ncn(Cc3ccccc3Cl)c(=O)c12. The quantitative estimate of drug-likeness (QED) is 0.422. The van der Waals surface area contributed by atoms with E-state index < -0.39 is 0 Å². The lowest BCUT2D eigenvalue weighted by Gasteiger charge is -2.36. The minimum absolute atomic E-state index is 0.0827. The number of aromatic nitrogens is 2. The summed E-state index contributed by atoms with van der Waals surface area (Å²) in [6, 6.07) is 7.43. The van der Waals surface area contributed by atoms with E-state index in [0.717, 1.165) is 18.4 Å². The molecule has 1 saturated carbocycles. The second-order valence-electron chi connectivity index (χ2n) is 9.28. The van der Waals surface area contributed by atoms with Crippen LogP contribution in [0.15, 0.2) is 35.4 Å². The van der Waals surface area contributed by atoms with Crippen molar-refractivity contribution in [2.45, 2.75) is 59.6 Å². The number of esters is 1. The van der Waals surface area contributed by atoms with E-state index >= 15 is 0 Å². The summed E-state index contributed by atoms with van der Waals surface area (Å²) < 4.78 is 7.57. The van der Waals surface area contributed by atoms with Crippen LogP contribution in [0.5, 0.6) is 0 Å². The van der Waals surface area contributed by atoms with Gasteiger partial charge in [-0.1, -0.05) is 57.0 Å². The average Bonchev–Trinajstić information content (AvgIpc) is 3.08. The maximum atomic E-state index is 13.2. The molecule has 3 unspecified atom stereocenters. The van der Waals surface area contributed by atoms with E-state index in [0.29, 0.717) is 50.0 Å². The van der Waals surface area contributed by atoms with Crippen LogP contribution >= 0.6 is 22.9 Å². The van der Waals surface area contributed by atoms with Gasteiger partial charge >= 0.3 is 5.97 Å². The lowest BCUT2D eigenvalue weighted by molar-refractivity contribution is -0.0170. The molecule has 2 heterocycles. The first-order chi connectivity index (χ1) is 15.3. The molecule has 7 heteroatoms. The van der Waals surface area contributed by atoms with E-state index in [1.165, 1.54) is 28.7 Å². The smallest absolute Gasteiger partial charge is 0.348 e. The number of carbonyl (C=O) groups excluding carboxylic acids is 1. The molecule has 1 aliphatic carbocycles. The van der Waals surface area contributed by atoms with Gasteiger partial charge in [-0.05, 0) is 54.7 Å². The monoisotopic (exact) mass is 472 g/mol. The Labute approximate surface area is 197 Å². The topological polar surface area (TPSA) is 61.2 Å². The lowest BCUT2D eigenvalue weighted by Crippen LogP contribution is -2.35. The molecule has 5 nitrogen and oxygen atoms in total. The summed E-state index contributed by atoms with van der Waals surface area (Å²) in [6.07, 6.45) is 4.59. The van der Waals surface area contributed by atoms with Crippen molar-refractivity contribution < 1.29 is 9.53 Å². The minimum atomic E-state index is -0.340. The highest BCUT2D eigenvalue weighted by molar-refractivity contribution is 7.20. The molecule has 0 amide bonds. The number of fused-ring (bicyclic) bond motifs is 1. The zero-order valence-corrected chi connectivity index (χ0v) is 20.5. The van der Waals surface area contributed by atoms with Gasteiger partial charge < -0.3 is 4.74 Å². The molecule has 0 bridgehead atoms. The van der Waals surface area contributed by atoms with Crippen molar-refractivity contribution in [2.24, 2.45) is 17.8 Å². The summed E-state index contributed by atoms with van der Waals surface area (Å²) in [5.41, 5.74) is 1.32. The Morgan fingerprint density at radius 1 is 1.31 bits per heavy atom. The van der Waals surface area contributed by atoms with Gasteiger partial charge in [0.1, 0.15) is 15.8 Å². The van der Waals surface area contributed by atoms with E-state index in [9.17, 15) is 9.59 Å². The zero-order valence-electron chi connectivity index (χ0n) is 18.9. The Hall–Kier alpha value is -2.18. The van der Waals surface area contributed by atoms with Crippen molar-refractivity contribution in [1.29, 1.82) is 0 Å². The number of thiophene rings is 1. The number of hydrogen-bond donors (Lipinski definition) is 0. The maximum Gasteiger partial charge on any atom is 0.348 e. The number of rotatable bonds is 5. The Bertz CT molecular complexity index is 1200. The van der Waals surface area contributed by atoms with Gasteiger partial charge in [0.2, 0.25) is 0 Å². The standard InChI is InChI=1S/C25H29ClN2O3S/c1-14(2)18-10-9-15(3)11-20(18)31-25(30)22-16(4)21-23(32-22)27-13-28(24(21)29)12-17-7-5-6-8-19(17)26/h5-8,13-15,18,20H,9-12H2,1-4H3. The second-order valence-corrected chi connectivity index (χ2v) is 10.7. The molecule has 0 saturated heterocycles. The summed E-state index contributed by atoms with van der Waals surface area (Å²) in [6.45, 7) is 8.73. The molecular formula is C25H29ClN2O3S. The molecule has 1 fully saturated rings. The highest BCUT2D eigenvalue weighted by Crippen LogP contribution is 2.37. The van der Waals surface area contributed by atoms with Crippen LogP contribution < -0.4 is 5.56 Å². The molecule has 4 rings (SSSR count). The third-order valence-corrected chi connectivity index (χ3v) is 8.17. The van der Waals surface area contributed by atoms with Gasteiger partial charge in [0.15, 0.2) is 0 Å². The van der Waals surface area contributed by atoms with Crippen molar-refractivity contribution in [3.05, 3.63) is 62.0 Å². The van der Waals surface area contributed by atoms with Gasteiger partial charge in [-0.3, -0.25) is 9.36 Å². The van der Waals surface area contributed by atoms with Gasteiger partial charge in [0.25, 0.3) is 5.56 Å². The first-order valence-electron chi connectivity index (χ1n) is 11.2. The predicted octanol–water partition coefficient (Wildman–Crippen LogP) is 6.09. The van der Waals surface area contributed by atoms with Crippen LogP contribution in [0.2, 0.25) is 5.02 Å². The highest BCUT2D eigenvalue weighted by Gasteiger charge is 2.34. The number of benzene rings is 1. The fraction of sp³-hybridized carbons (Fsp3) is 0.480. The fourth-order valence-electron chi connectivity index (χ4n) is 4.72. The molecule has 0 radical (unpaired) electrons. The average molecular weight is 473 g/mol. The molecule has 170 valence electrons. The van der Waals surface area contributed by atoms with Crippen LogP contribution in [-0.2, 0) is 11.3 Å². The number of aryl methyl sites for hydroxylation is 1. The molecule has 0 N–H and O–H groups in total. The maximum absolute atomic E-state index is 13.2. The molecule has 0 spiro atoms. The first kappa shape index (κ1) is 23.0. The number of carbonyl (C=O) groups is 1. The first-order valence-corrected chi connectivity index (χ1v) is 12.4. The molecule has 32 heavy (non-hydrogen) atoms. The number of halogens is 1. The normalized spacial score (nSPS) is 21.2. The molecule has 0 aliphatic heterocycles. The molecule has 3 aromatic rings. The van der Waals surface area contributed by atoms with Crippen molar-refractivity contribution in [3.8, 4) is 0 Å². The summed E-state index contributed by atoms with van der Waals surface area (Å²) in [4.78, 5) is 31.9. The molecule has 1 aromatic carbocycles. The van der Waals surface area contributed by atoms with E-state index in [1.807, 2.05) is 25.1 Å². The third kappa shape index (κ3) is 4.48. The van der Waals surface area contributed by atoms with Gasteiger partial charge in [-0.2, -0.15) is 0 Å². The zero-order chi connectivity index (χ0) is 23.0. The Kier molecular flexibility index (Phi) is 6.72. The third-order valence-electron chi connectivity index (χ3n) is 6.62. The highest BCUT2D eigenvalue weighted by atomic mass is 35.5. The number of nitrogens with zero attached hydrogens (tertiary/aromatic N) is 2. The Morgan fingerprint density at radius 2 is 2.06 bits per heavy atom. The summed E-state index contributed by atoms with van der Waals surface area (Å²) >= 11 is 7.50. The molecule has 1 aliphatic rings. The predicted molar refractivity (Wildman–Crippen MR) is 130 cm³/mol. The van der Waals surface area contributed by atoms with Gasteiger partial charge in [-0.15, -0.1) is 11.3 Å². The second kappa shape index (κ2) is 9.36. The van der Waals surface area contributed by atoms with Crippen LogP contribution in [0.3, 0.4) is 0 Å². The van der Waals surface area contributed by atoms with E-state index in [1.54, 1.807) is 6.07 Å². The van der Waals surface area contributed by atoms with Crippen LogP contribution in [0.4, 0.5) is 0 Å². The molecule has 2 aromatic heterocycles. The summed E-state index contributed by atoms with van der Waals surface area (Å²) in [5.74, 6) is 1.04. The Balaban J connectivity index is 1.63. The van der Waals surface area contributed by atoms with E-state index in [-0.39, 0.29) is 17.6 Å². The molecule has 3 atom stereocenters. The molecular weight excluding hydrogens is 444 g/mol. The van der Waals surface area contributed by atoms with Crippen molar-refractivity contribution in [3.63, 3.8) is 0 Å². The van der Waals surface area contributed by atoms with Gasteiger partial charge in [-0.25, -0.2) is 9.78 Å². The number of hydrogen-bond acceptors (Lipinski definition) is 5. The van der Waals surface area contributed by atoms with Crippen LogP contribution in [-0.4, -0.2) is 21.6 Å². The van der Waals surface area contributed by atoms with Crippen molar-refractivity contribution in [1.82, 2.24) is 9.55 Å².